The molecule has 5 heteroatoms. The van der Waals surface area contributed by atoms with Crippen molar-refractivity contribution in [3.05, 3.63) is 23.7 Å². The lowest BCUT2D eigenvalue weighted by Crippen LogP contribution is -2.38. The van der Waals surface area contributed by atoms with Crippen molar-refractivity contribution >= 4 is 11.8 Å². The number of likely N-dealkylation sites (tertiary alicyclic amines) is 1. The molecule has 1 aromatic rings. The SMILES string of the molecule is O=C(NC1CCCc2occc21)C1CC(=O)N(C2CCCC2)C1. The average Bonchev–Trinajstić information content (AvgIpc) is 3.27. The highest BCUT2D eigenvalue weighted by atomic mass is 16.3. The molecule has 2 amide bonds. The summed E-state index contributed by atoms with van der Waals surface area (Å²) >= 11 is 0. The van der Waals surface area contributed by atoms with Gasteiger partial charge in [-0.15, -0.1) is 0 Å². The molecular formula is C18H24N2O3. The molecule has 5 nitrogen and oxygen atoms in total. The molecule has 0 radical (unpaired) electrons. The van der Waals surface area contributed by atoms with Crippen molar-refractivity contribution in [2.24, 2.45) is 5.92 Å². The monoisotopic (exact) mass is 316 g/mol. The van der Waals surface area contributed by atoms with Crippen molar-refractivity contribution in [2.45, 2.75) is 63.5 Å². The summed E-state index contributed by atoms with van der Waals surface area (Å²) in [6, 6.07) is 2.38. The highest BCUT2D eigenvalue weighted by Gasteiger charge is 2.39. The number of carbonyl (C=O) groups is 2. The van der Waals surface area contributed by atoms with Gasteiger partial charge in [0.15, 0.2) is 0 Å². The Morgan fingerprint density at radius 3 is 2.87 bits per heavy atom. The van der Waals surface area contributed by atoms with Crippen LogP contribution in [0, 0.1) is 5.92 Å². The van der Waals surface area contributed by atoms with E-state index in [1.54, 1.807) is 6.26 Å². The third kappa shape index (κ3) is 2.77. The van der Waals surface area contributed by atoms with Crippen molar-refractivity contribution in [2.75, 3.05) is 6.54 Å². The Bertz CT molecular complexity index is 603. The van der Waals surface area contributed by atoms with E-state index >= 15 is 0 Å². The molecule has 4 rings (SSSR count). The maximum atomic E-state index is 12.6. The first-order valence-electron chi connectivity index (χ1n) is 8.88. The Labute approximate surface area is 136 Å². The van der Waals surface area contributed by atoms with E-state index in [1.807, 2.05) is 11.0 Å². The first-order valence-corrected chi connectivity index (χ1v) is 8.88. The van der Waals surface area contributed by atoms with Crippen molar-refractivity contribution in [3.8, 4) is 0 Å². The molecule has 23 heavy (non-hydrogen) atoms. The number of hydrogen-bond donors (Lipinski definition) is 1. The molecule has 0 bridgehead atoms. The van der Waals surface area contributed by atoms with Gasteiger partial charge in [-0.05, 0) is 31.7 Å². The summed E-state index contributed by atoms with van der Waals surface area (Å²) in [7, 11) is 0. The Morgan fingerprint density at radius 2 is 2.04 bits per heavy atom. The second-order valence-corrected chi connectivity index (χ2v) is 7.14. The zero-order valence-corrected chi connectivity index (χ0v) is 13.4. The molecule has 2 heterocycles. The number of rotatable bonds is 3. The van der Waals surface area contributed by atoms with E-state index in [0.717, 1.165) is 43.4 Å². The van der Waals surface area contributed by atoms with Crippen LogP contribution in [0.25, 0.3) is 0 Å². The zero-order chi connectivity index (χ0) is 15.8. The number of amides is 2. The quantitative estimate of drug-likeness (QED) is 0.932. The van der Waals surface area contributed by atoms with Gasteiger partial charge in [-0.1, -0.05) is 12.8 Å². The topological polar surface area (TPSA) is 62.6 Å². The highest BCUT2D eigenvalue weighted by molar-refractivity contribution is 5.89. The normalized spacial score (nSPS) is 28.2. The van der Waals surface area contributed by atoms with Crippen LogP contribution >= 0.6 is 0 Å². The number of aryl methyl sites for hydroxylation is 1. The maximum Gasteiger partial charge on any atom is 0.225 e. The maximum absolute atomic E-state index is 12.6. The number of nitrogens with zero attached hydrogens (tertiary/aromatic N) is 1. The largest absolute Gasteiger partial charge is 0.469 e. The van der Waals surface area contributed by atoms with Gasteiger partial charge in [-0.3, -0.25) is 9.59 Å². The highest BCUT2D eigenvalue weighted by Crippen LogP contribution is 2.32. The fourth-order valence-corrected chi connectivity index (χ4v) is 4.40. The predicted octanol–water partition coefficient (Wildman–Crippen LogP) is 2.56. The number of furan rings is 1. The van der Waals surface area contributed by atoms with Gasteiger partial charge in [0.25, 0.3) is 0 Å². The fourth-order valence-electron chi connectivity index (χ4n) is 4.40. The van der Waals surface area contributed by atoms with E-state index in [4.69, 9.17) is 4.42 Å². The molecule has 1 saturated heterocycles. The summed E-state index contributed by atoms with van der Waals surface area (Å²) in [5.41, 5.74) is 1.11. The van der Waals surface area contributed by atoms with E-state index < -0.39 is 0 Å². The van der Waals surface area contributed by atoms with Gasteiger partial charge in [0, 0.05) is 31.0 Å². The molecule has 124 valence electrons. The molecule has 1 aromatic heterocycles. The van der Waals surface area contributed by atoms with Gasteiger partial charge in [0.2, 0.25) is 11.8 Å². The molecule has 3 aliphatic rings. The van der Waals surface area contributed by atoms with Crippen LogP contribution in [0.15, 0.2) is 16.7 Å². The van der Waals surface area contributed by atoms with Crippen molar-refractivity contribution < 1.29 is 14.0 Å². The second-order valence-electron chi connectivity index (χ2n) is 7.14. The molecule has 1 N–H and O–H groups in total. The van der Waals surface area contributed by atoms with Gasteiger partial charge in [-0.2, -0.15) is 0 Å². The predicted molar refractivity (Wildman–Crippen MR) is 84.6 cm³/mol. The summed E-state index contributed by atoms with van der Waals surface area (Å²) in [6.07, 6.45) is 9.61. The van der Waals surface area contributed by atoms with Crippen molar-refractivity contribution in [1.82, 2.24) is 10.2 Å². The Morgan fingerprint density at radius 1 is 1.22 bits per heavy atom. The van der Waals surface area contributed by atoms with Gasteiger partial charge in [0.1, 0.15) is 5.76 Å². The van der Waals surface area contributed by atoms with E-state index in [2.05, 4.69) is 5.32 Å². The van der Waals surface area contributed by atoms with Crippen LogP contribution in [0.1, 0.15) is 62.3 Å². The second kappa shape index (κ2) is 6.02. The van der Waals surface area contributed by atoms with Gasteiger partial charge in [-0.25, -0.2) is 0 Å². The van der Waals surface area contributed by atoms with Gasteiger partial charge < -0.3 is 14.6 Å². The van der Waals surface area contributed by atoms with Crippen LogP contribution in [0.5, 0.6) is 0 Å². The van der Waals surface area contributed by atoms with Crippen LogP contribution in [0.2, 0.25) is 0 Å². The van der Waals surface area contributed by atoms with E-state index in [0.29, 0.717) is 19.0 Å². The number of hydrogen-bond acceptors (Lipinski definition) is 3. The lowest BCUT2D eigenvalue weighted by Gasteiger charge is -2.25. The fraction of sp³-hybridized carbons (Fsp3) is 0.667. The average molecular weight is 316 g/mol. The summed E-state index contributed by atoms with van der Waals surface area (Å²) in [6.45, 7) is 0.598. The lowest BCUT2D eigenvalue weighted by molar-refractivity contribution is -0.130. The molecule has 2 unspecified atom stereocenters. The third-order valence-corrected chi connectivity index (χ3v) is 5.66. The van der Waals surface area contributed by atoms with Crippen LogP contribution in [0.4, 0.5) is 0 Å². The smallest absolute Gasteiger partial charge is 0.225 e. The molecular weight excluding hydrogens is 292 g/mol. The van der Waals surface area contributed by atoms with Crippen LogP contribution in [-0.2, 0) is 16.0 Å². The molecule has 2 atom stereocenters. The Balaban J connectivity index is 1.40. The Kier molecular flexibility index (Phi) is 3.87. The number of carbonyl (C=O) groups excluding carboxylic acids is 2. The van der Waals surface area contributed by atoms with E-state index in [1.165, 1.54) is 12.8 Å². The van der Waals surface area contributed by atoms with Gasteiger partial charge >= 0.3 is 0 Å². The molecule has 0 aromatic carbocycles. The van der Waals surface area contributed by atoms with Crippen molar-refractivity contribution in [1.29, 1.82) is 0 Å². The molecule has 2 fully saturated rings. The third-order valence-electron chi connectivity index (χ3n) is 5.66. The van der Waals surface area contributed by atoms with Crippen LogP contribution < -0.4 is 5.32 Å². The molecule has 2 aliphatic carbocycles. The van der Waals surface area contributed by atoms with Crippen LogP contribution in [0.3, 0.4) is 0 Å². The minimum Gasteiger partial charge on any atom is -0.469 e. The molecule has 1 saturated carbocycles. The van der Waals surface area contributed by atoms with E-state index in [-0.39, 0.29) is 23.8 Å². The summed E-state index contributed by atoms with van der Waals surface area (Å²) in [4.78, 5) is 26.8. The Hall–Kier alpha value is -1.78. The molecule has 0 spiro atoms. The minimum atomic E-state index is -0.194. The molecule has 1 aliphatic heterocycles. The summed E-state index contributed by atoms with van der Waals surface area (Å²) < 4.78 is 5.48. The lowest BCUT2D eigenvalue weighted by atomic mass is 9.93. The number of nitrogens with one attached hydrogen (secondary N) is 1. The first kappa shape index (κ1) is 14.8. The minimum absolute atomic E-state index is 0.0258. The zero-order valence-electron chi connectivity index (χ0n) is 13.4. The van der Waals surface area contributed by atoms with Gasteiger partial charge in [0.05, 0.1) is 18.2 Å². The van der Waals surface area contributed by atoms with Crippen LogP contribution in [-0.4, -0.2) is 29.3 Å². The van der Waals surface area contributed by atoms with E-state index in [9.17, 15) is 9.59 Å². The summed E-state index contributed by atoms with van der Waals surface area (Å²) in [5, 5.41) is 3.16. The summed E-state index contributed by atoms with van der Waals surface area (Å²) in [5.74, 6) is 0.986. The number of fused-ring (bicyclic) bond motifs is 1. The standard InChI is InChI=1S/C18H24N2O3/c21-17-10-12(11-20(17)13-4-1-2-5-13)18(22)19-15-6-3-7-16-14(15)8-9-23-16/h8-9,12-13,15H,1-7,10-11H2,(H,19,22). The first-order chi connectivity index (χ1) is 11.2. The van der Waals surface area contributed by atoms with Crippen molar-refractivity contribution in [3.63, 3.8) is 0 Å².